The highest BCUT2D eigenvalue weighted by Crippen LogP contribution is 2.39. The van der Waals surface area contributed by atoms with Crippen LogP contribution in [0.4, 0.5) is 0 Å². The molecule has 47 heavy (non-hydrogen) atoms. The molecule has 0 spiro atoms. The molecule has 4 heteroatoms. The van der Waals surface area contributed by atoms with Crippen LogP contribution in [0.5, 0.6) is 0 Å². The zero-order chi connectivity index (χ0) is 31.2. The van der Waals surface area contributed by atoms with Gasteiger partial charge in [-0.3, -0.25) is 0 Å². The summed E-state index contributed by atoms with van der Waals surface area (Å²) in [6, 6.07) is 56.3. The molecule has 9 aromatic rings. The molecule has 0 unspecified atom stereocenters. The van der Waals surface area contributed by atoms with Gasteiger partial charge in [0.25, 0.3) is 0 Å². The van der Waals surface area contributed by atoms with Crippen molar-refractivity contribution in [2.24, 2.45) is 0 Å². The minimum atomic E-state index is 0.635. The van der Waals surface area contributed by atoms with Gasteiger partial charge in [-0.2, -0.15) is 0 Å². The van der Waals surface area contributed by atoms with E-state index in [4.69, 9.17) is 19.4 Å². The van der Waals surface area contributed by atoms with Gasteiger partial charge < -0.3 is 4.42 Å². The number of aromatic nitrogens is 3. The van der Waals surface area contributed by atoms with Crippen molar-refractivity contribution in [3.63, 3.8) is 0 Å². The number of hydrogen-bond donors (Lipinski definition) is 0. The molecule has 4 nitrogen and oxygen atoms in total. The first kappa shape index (κ1) is 27.0. The molecular weight excluding hydrogens is 574 g/mol. The second-order valence-corrected chi connectivity index (χ2v) is 11.6. The average Bonchev–Trinajstić information content (AvgIpc) is 3.54. The fraction of sp³-hybridized carbons (Fsp3) is 0. The average molecular weight is 602 g/mol. The third kappa shape index (κ3) is 4.75. The molecule has 0 saturated carbocycles. The Morgan fingerprint density at radius 3 is 1.55 bits per heavy atom. The van der Waals surface area contributed by atoms with E-state index in [1.54, 1.807) is 0 Å². The first-order valence-electron chi connectivity index (χ1n) is 15.7. The van der Waals surface area contributed by atoms with Crippen molar-refractivity contribution in [2.75, 3.05) is 0 Å². The maximum absolute atomic E-state index is 6.38. The summed E-state index contributed by atoms with van der Waals surface area (Å²) in [5.74, 6) is 1.92. The van der Waals surface area contributed by atoms with Crippen molar-refractivity contribution >= 4 is 32.7 Å². The normalized spacial score (nSPS) is 11.4. The summed E-state index contributed by atoms with van der Waals surface area (Å²) >= 11 is 0. The Labute approximate surface area is 271 Å². The smallest absolute Gasteiger partial charge is 0.164 e. The molecule has 0 N–H and O–H groups in total. The van der Waals surface area contributed by atoms with Crippen molar-refractivity contribution in [3.8, 4) is 56.4 Å². The number of benzene rings is 7. The predicted octanol–water partition coefficient (Wildman–Crippen LogP) is 11.3. The van der Waals surface area contributed by atoms with Gasteiger partial charge >= 0.3 is 0 Å². The molecule has 0 fully saturated rings. The van der Waals surface area contributed by atoms with Gasteiger partial charge in [-0.1, -0.05) is 146 Å². The van der Waals surface area contributed by atoms with Crippen molar-refractivity contribution in [3.05, 3.63) is 164 Å². The third-order valence-corrected chi connectivity index (χ3v) is 8.75. The summed E-state index contributed by atoms with van der Waals surface area (Å²) in [5.41, 5.74) is 9.09. The third-order valence-electron chi connectivity index (χ3n) is 8.75. The molecule has 9 rings (SSSR count). The lowest BCUT2D eigenvalue weighted by Crippen LogP contribution is -2.01. The summed E-state index contributed by atoms with van der Waals surface area (Å²) in [5, 5.41) is 4.53. The highest BCUT2D eigenvalue weighted by Gasteiger charge is 2.17. The maximum atomic E-state index is 6.38. The van der Waals surface area contributed by atoms with Crippen LogP contribution in [0.15, 0.2) is 168 Å². The van der Waals surface area contributed by atoms with Crippen molar-refractivity contribution in [1.82, 2.24) is 15.0 Å². The van der Waals surface area contributed by atoms with Crippen molar-refractivity contribution in [2.45, 2.75) is 0 Å². The Balaban J connectivity index is 1.19. The van der Waals surface area contributed by atoms with Crippen molar-refractivity contribution in [1.29, 1.82) is 0 Å². The SMILES string of the molecule is c1ccc(-c2nc(-c3ccccc3)nc(-c3ccccc3-c3cccc(-c4cccc5c4ccc4c6ccccc6oc54)c3)n2)cc1. The number of fused-ring (bicyclic) bond motifs is 5. The topological polar surface area (TPSA) is 51.8 Å². The Kier molecular flexibility index (Phi) is 6.43. The molecule has 7 aromatic carbocycles. The quantitative estimate of drug-likeness (QED) is 0.197. The van der Waals surface area contributed by atoms with E-state index >= 15 is 0 Å². The molecule has 0 aliphatic rings. The zero-order valence-electron chi connectivity index (χ0n) is 25.3. The molecule has 0 aliphatic carbocycles. The van der Waals surface area contributed by atoms with Gasteiger partial charge in [-0.05, 0) is 45.8 Å². The van der Waals surface area contributed by atoms with E-state index in [2.05, 4.69) is 84.9 Å². The van der Waals surface area contributed by atoms with Gasteiger partial charge in [-0.15, -0.1) is 0 Å². The van der Waals surface area contributed by atoms with Crippen LogP contribution in [0.1, 0.15) is 0 Å². The van der Waals surface area contributed by atoms with Gasteiger partial charge in [0.2, 0.25) is 0 Å². The summed E-state index contributed by atoms with van der Waals surface area (Å²) in [4.78, 5) is 14.9. The van der Waals surface area contributed by atoms with Gasteiger partial charge in [0, 0.05) is 32.8 Å². The number of para-hydroxylation sites is 1. The van der Waals surface area contributed by atoms with Crippen LogP contribution in [0, 0.1) is 0 Å². The van der Waals surface area contributed by atoms with Crippen LogP contribution in [0.2, 0.25) is 0 Å². The van der Waals surface area contributed by atoms with Crippen LogP contribution in [-0.2, 0) is 0 Å². The largest absolute Gasteiger partial charge is 0.455 e. The molecule has 2 heterocycles. The summed E-state index contributed by atoms with van der Waals surface area (Å²) in [6.45, 7) is 0. The monoisotopic (exact) mass is 601 g/mol. The lowest BCUT2D eigenvalue weighted by atomic mass is 9.93. The van der Waals surface area contributed by atoms with Gasteiger partial charge in [0.1, 0.15) is 11.2 Å². The Bertz CT molecular complexity index is 2510. The van der Waals surface area contributed by atoms with E-state index < -0.39 is 0 Å². The molecule has 0 radical (unpaired) electrons. The first-order chi connectivity index (χ1) is 23.3. The Morgan fingerprint density at radius 1 is 0.319 bits per heavy atom. The molecule has 0 amide bonds. The number of hydrogen-bond acceptors (Lipinski definition) is 4. The van der Waals surface area contributed by atoms with E-state index in [-0.39, 0.29) is 0 Å². The van der Waals surface area contributed by atoms with Crippen LogP contribution >= 0.6 is 0 Å². The second kappa shape index (κ2) is 11.2. The summed E-state index contributed by atoms with van der Waals surface area (Å²) in [7, 11) is 0. The maximum Gasteiger partial charge on any atom is 0.164 e. The van der Waals surface area contributed by atoms with E-state index in [0.717, 1.165) is 71.7 Å². The lowest BCUT2D eigenvalue weighted by Gasteiger charge is -2.13. The zero-order valence-corrected chi connectivity index (χ0v) is 25.3. The minimum absolute atomic E-state index is 0.635. The molecule has 0 saturated heterocycles. The summed E-state index contributed by atoms with van der Waals surface area (Å²) in [6.07, 6.45) is 0. The van der Waals surface area contributed by atoms with Crippen LogP contribution in [-0.4, -0.2) is 15.0 Å². The number of rotatable bonds is 5. The van der Waals surface area contributed by atoms with E-state index in [0.29, 0.717) is 17.5 Å². The molecule has 0 bridgehead atoms. The molecule has 220 valence electrons. The van der Waals surface area contributed by atoms with Crippen LogP contribution in [0.3, 0.4) is 0 Å². The van der Waals surface area contributed by atoms with Crippen LogP contribution < -0.4 is 0 Å². The number of furan rings is 1. The van der Waals surface area contributed by atoms with Gasteiger partial charge in [0.15, 0.2) is 17.5 Å². The first-order valence-corrected chi connectivity index (χ1v) is 15.7. The standard InChI is InChI=1S/C43H27N3O/c1-3-13-28(14-4-1)41-44-42(29-15-5-2-6-16-29)46-43(45-41)38-21-8-7-19-33(38)31-18-11-17-30(27-31)32-22-12-23-36-34(32)25-26-37-35-20-9-10-24-39(35)47-40(36)37/h1-27H. The number of nitrogens with zero attached hydrogens (tertiary/aromatic N) is 3. The van der Waals surface area contributed by atoms with E-state index in [1.165, 1.54) is 0 Å². The minimum Gasteiger partial charge on any atom is -0.455 e. The molecule has 2 aromatic heterocycles. The lowest BCUT2D eigenvalue weighted by molar-refractivity contribution is 0.672. The molecule has 0 aliphatic heterocycles. The van der Waals surface area contributed by atoms with Gasteiger partial charge in [-0.25, -0.2) is 15.0 Å². The van der Waals surface area contributed by atoms with Gasteiger partial charge in [0.05, 0.1) is 0 Å². The predicted molar refractivity (Wildman–Crippen MR) is 192 cm³/mol. The molecule has 0 atom stereocenters. The highest BCUT2D eigenvalue weighted by atomic mass is 16.3. The Morgan fingerprint density at radius 2 is 0.809 bits per heavy atom. The highest BCUT2D eigenvalue weighted by molar-refractivity contribution is 6.17. The van der Waals surface area contributed by atoms with Crippen LogP contribution in [0.25, 0.3) is 89.1 Å². The fourth-order valence-electron chi connectivity index (χ4n) is 6.51. The van der Waals surface area contributed by atoms with E-state index in [9.17, 15) is 0 Å². The van der Waals surface area contributed by atoms with Crippen molar-refractivity contribution < 1.29 is 4.42 Å². The Hall–Kier alpha value is -6.39. The summed E-state index contributed by atoms with van der Waals surface area (Å²) < 4.78 is 6.38. The van der Waals surface area contributed by atoms with E-state index in [1.807, 2.05) is 78.9 Å². The molecular formula is C43H27N3O. The fourth-order valence-corrected chi connectivity index (χ4v) is 6.51. The second-order valence-electron chi connectivity index (χ2n) is 11.6.